The predicted octanol–water partition coefficient (Wildman–Crippen LogP) is 2.82. The second-order valence-electron chi connectivity index (χ2n) is 4.03. The van der Waals surface area contributed by atoms with Gasteiger partial charge in [-0.1, -0.05) is 0 Å². The lowest BCUT2D eigenvalue weighted by Gasteiger charge is -2.33. The Morgan fingerprint density at radius 2 is 1.38 bits per heavy atom. The van der Waals surface area contributed by atoms with E-state index in [1.54, 1.807) is 0 Å². The standard InChI is InChI=1S/C10H21NOS/c1-7(2)11(8(3)4)10(13)12-9(5)6/h7-9H,1-6H3. The van der Waals surface area contributed by atoms with Gasteiger partial charge < -0.3 is 9.64 Å². The highest BCUT2D eigenvalue weighted by Gasteiger charge is 2.18. The van der Waals surface area contributed by atoms with E-state index in [9.17, 15) is 0 Å². The van der Waals surface area contributed by atoms with Crippen molar-refractivity contribution < 1.29 is 4.74 Å². The maximum absolute atomic E-state index is 5.49. The lowest BCUT2D eigenvalue weighted by molar-refractivity contribution is 0.157. The molecule has 0 unspecified atom stereocenters. The van der Waals surface area contributed by atoms with Gasteiger partial charge in [0.2, 0.25) is 0 Å². The van der Waals surface area contributed by atoms with Gasteiger partial charge in [-0.25, -0.2) is 0 Å². The third-order valence-corrected chi connectivity index (χ3v) is 1.97. The molecule has 3 heteroatoms. The highest BCUT2D eigenvalue weighted by molar-refractivity contribution is 7.80. The summed E-state index contributed by atoms with van der Waals surface area (Å²) in [5, 5.41) is 0.611. The molecule has 0 rings (SSSR count). The molecule has 0 aliphatic carbocycles. The van der Waals surface area contributed by atoms with Crippen LogP contribution in [0.3, 0.4) is 0 Å². The van der Waals surface area contributed by atoms with Gasteiger partial charge in [0.25, 0.3) is 5.17 Å². The van der Waals surface area contributed by atoms with E-state index in [0.29, 0.717) is 17.3 Å². The van der Waals surface area contributed by atoms with E-state index in [2.05, 4.69) is 32.6 Å². The summed E-state index contributed by atoms with van der Waals surface area (Å²) in [6.07, 6.45) is 0.160. The summed E-state index contributed by atoms with van der Waals surface area (Å²) < 4.78 is 5.49. The smallest absolute Gasteiger partial charge is 0.260 e. The average Bonchev–Trinajstić information content (AvgIpc) is 1.81. The summed E-state index contributed by atoms with van der Waals surface area (Å²) in [5.41, 5.74) is 0. The number of ether oxygens (including phenoxy) is 1. The van der Waals surface area contributed by atoms with Crippen LogP contribution in [0, 0.1) is 0 Å². The fourth-order valence-corrected chi connectivity index (χ4v) is 1.89. The number of rotatable bonds is 3. The molecule has 0 N–H and O–H groups in total. The zero-order chi connectivity index (χ0) is 10.6. The van der Waals surface area contributed by atoms with Gasteiger partial charge in [0.15, 0.2) is 0 Å². The molecule has 0 aliphatic heterocycles. The summed E-state index contributed by atoms with van der Waals surface area (Å²) in [6.45, 7) is 12.5. The zero-order valence-corrected chi connectivity index (χ0v) is 10.3. The van der Waals surface area contributed by atoms with Crippen molar-refractivity contribution in [3.8, 4) is 0 Å². The molecule has 0 amide bonds. The van der Waals surface area contributed by atoms with Gasteiger partial charge >= 0.3 is 0 Å². The van der Waals surface area contributed by atoms with Gasteiger partial charge in [-0.15, -0.1) is 0 Å². The van der Waals surface area contributed by atoms with Gasteiger partial charge in [-0.05, 0) is 53.8 Å². The molecule has 0 saturated heterocycles. The Bertz CT molecular complexity index is 158. The van der Waals surface area contributed by atoms with Crippen LogP contribution in [0.5, 0.6) is 0 Å². The topological polar surface area (TPSA) is 12.5 Å². The monoisotopic (exact) mass is 203 g/mol. The van der Waals surface area contributed by atoms with Gasteiger partial charge in [0.1, 0.15) is 0 Å². The fraction of sp³-hybridized carbons (Fsp3) is 0.900. The first-order chi connectivity index (χ1) is 5.86. The minimum Gasteiger partial charge on any atom is -0.468 e. The minimum atomic E-state index is 0.160. The van der Waals surface area contributed by atoms with Crippen LogP contribution in [0.2, 0.25) is 0 Å². The van der Waals surface area contributed by atoms with Crippen molar-refractivity contribution in [2.75, 3.05) is 0 Å². The van der Waals surface area contributed by atoms with Gasteiger partial charge in [-0.2, -0.15) is 0 Å². The fourth-order valence-electron chi connectivity index (χ4n) is 1.28. The van der Waals surface area contributed by atoms with E-state index in [1.807, 2.05) is 13.8 Å². The Labute approximate surface area is 87.3 Å². The summed E-state index contributed by atoms with van der Waals surface area (Å²) in [6, 6.07) is 0.789. The second-order valence-corrected chi connectivity index (χ2v) is 4.38. The van der Waals surface area contributed by atoms with Crippen molar-refractivity contribution in [3.05, 3.63) is 0 Å². The van der Waals surface area contributed by atoms with Crippen LogP contribution >= 0.6 is 12.2 Å². The molecule has 0 bridgehead atoms. The molecular formula is C10H21NOS. The normalized spacial score (nSPS) is 11.2. The SMILES string of the molecule is CC(C)OC(=S)N(C(C)C)C(C)C. The van der Waals surface area contributed by atoms with E-state index in [0.717, 1.165) is 0 Å². The van der Waals surface area contributed by atoms with Crippen molar-refractivity contribution in [3.63, 3.8) is 0 Å². The maximum atomic E-state index is 5.49. The molecule has 0 spiro atoms. The second kappa shape index (κ2) is 5.43. The van der Waals surface area contributed by atoms with E-state index < -0.39 is 0 Å². The molecule has 0 fully saturated rings. The highest BCUT2D eigenvalue weighted by atomic mass is 32.1. The van der Waals surface area contributed by atoms with Gasteiger partial charge in [0.05, 0.1) is 6.10 Å². The number of thiocarbonyl (C=S) groups is 1. The number of hydrogen-bond donors (Lipinski definition) is 0. The Morgan fingerprint density at radius 1 is 1.00 bits per heavy atom. The third-order valence-electron chi connectivity index (χ3n) is 1.66. The molecule has 0 heterocycles. The van der Waals surface area contributed by atoms with E-state index in [-0.39, 0.29) is 6.10 Å². The molecule has 0 radical (unpaired) electrons. The Morgan fingerprint density at radius 3 is 1.62 bits per heavy atom. The van der Waals surface area contributed by atoms with Crippen molar-refractivity contribution in [1.29, 1.82) is 0 Å². The lowest BCUT2D eigenvalue weighted by atomic mass is 10.2. The van der Waals surface area contributed by atoms with Crippen LogP contribution < -0.4 is 0 Å². The molecule has 0 aromatic heterocycles. The third kappa shape index (κ3) is 4.46. The van der Waals surface area contributed by atoms with Crippen LogP contribution in [0.25, 0.3) is 0 Å². The van der Waals surface area contributed by atoms with Crippen molar-refractivity contribution in [2.24, 2.45) is 0 Å². The number of hydrogen-bond acceptors (Lipinski definition) is 2. The number of nitrogens with zero attached hydrogens (tertiary/aromatic N) is 1. The minimum absolute atomic E-state index is 0.160. The van der Waals surface area contributed by atoms with Gasteiger partial charge in [-0.3, -0.25) is 0 Å². The van der Waals surface area contributed by atoms with Crippen LogP contribution in [0.15, 0.2) is 0 Å². The summed E-state index contributed by atoms with van der Waals surface area (Å²) in [4.78, 5) is 2.11. The van der Waals surface area contributed by atoms with E-state index in [1.165, 1.54) is 0 Å². The lowest BCUT2D eigenvalue weighted by Crippen LogP contribution is -2.43. The van der Waals surface area contributed by atoms with Crippen LogP contribution in [-0.2, 0) is 4.74 Å². The van der Waals surface area contributed by atoms with Crippen LogP contribution in [0.1, 0.15) is 41.5 Å². The molecule has 2 nitrogen and oxygen atoms in total. The largest absolute Gasteiger partial charge is 0.468 e. The average molecular weight is 203 g/mol. The predicted molar refractivity (Wildman–Crippen MR) is 60.9 cm³/mol. The quantitative estimate of drug-likeness (QED) is 0.654. The van der Waals surface area contributed by atoms with E-state index >= 15 is 0 Å². The van der Waals surface area contributed by atoms with Crippen molar-refractivity contribution in [1.82, 2.24) is 4.90 Å². The first-order valence-corrected chi connectivity index (χ1v) is 5.26. The zero-order valence-electron chi connectivity index (χ0n) is 9.50. The summed E-state index contributed by atoms with van der Waals surface area (Å²) in [7, 11) is 0. The van der Waals surface area contributed by atoms with E-state index in [4.69, 9.17) is 17.0 Å². The summed E-state index contributed by atoms with van der Waals surface area (Å²) in [5.74, 6) is 0. The van der Waals surface area contributed by atoms with Crippen molar-refractivity contribution >= 4 is 17.4 Å². The first-order valence-electron chi connectivity index (χ1n) is 4.85. The summed E-state index contributed by atoms with van der Waals surface area (Å²) >= 11 is 5.21. The molecule has 0 atom stereocenters. The van der Waals surface area contributed by atoms with Gasteiger partial charge in [0, 0.05) is 12.1 Å². The van der Waals surface area contributed by atoms with Crippen molar-refractivity contribution in [2.45, 2.75) is 59.7 Å². The molecule has 0 aromatic carbocycles. The molecule has 0 saturated carbocycles. The Balaban J connectivity index is 4.29. The Hall–Kier alpha value is -0.310. The molecule has 78 valence electrons. The molecular weight excluding hydrogens is 182 g/mol. The molecule has 0 aromatic rings. The molecule has 13 heavy (non-hydrogen) atoms. The maximum Gasteiger partial charge on any atom is 0.260 e. The highest BCUT2D eigenvalue weighted by Crippen LogP contribution is 2.08. The first kappa shape index (κ1) is 12.7. The van der Waals surface area contributed by atoms with Crippen LogP contribution in [0.4, 0.5) is 0 Å². The molecule has 0 aliphatic rings. The Kier molecular flexibility index (Phi) is 5.30. The van der Waals surface area contributed by atoms with Crippen LogP contribution in [-0.4, -0.2) is 28.3 Å².